The molecular formula is C31H43N5O4. The molecule has 9 heteroatoms. The van der Waals surface area contributed by atoms with Gasteiger partial charge in [-0.1, -0.05) is 13.0 Å². The summed E-state index contributed by atoms with van der Waals surface area (Å²) >= 11 is 0. The Morgan fingerprint density at radius 2 is 1.82 bits per heavy atom. The summed E-state index contributed by atoms with van der Waals surface area (Å²) in [5.41, 5.74) is 2.61. The largest absolute Gasteiger partial charge is 0.481 e. The summed E-state index contributed by atoms with van der Waals surface area (Å²) in [6, 6.07) is 12.3. The molecule has 3 heterocycles. The quantitative estimate of drug-likeness (QED) is 0.529. The number of anilines is 3. The molecule has 2 amide bonds. The Morgan fingerprint density at radius 3 is 2.45 bits per heavy atom. The predicted molar refractivity (Wildman–Crippen MR) is 157 cm³/mol. The minimum atomic E-state index is -0.524. The lowest BCUT2D eigenvalue weighted by Crippen LogP contribution is -2.55. The maximum atomic E-state index is 13.0. The second-order valence-corrected chi connectivity index (χ2v) is 12.5. The fourth-order valence-corrected chi connectivity index (χ4v) is 6.30. The average Bonchev–Trinajstić information content (AvgIpc) is 3.73. The highest BCUT2D eigenvalue weighted by Gasteiger charge is 2.48. The Morgan fingerprint density at radius 1 is 1.07 bits per heavy atom. The number of carbonyl (C=O) groups excluding carboxylic acids is 2. The summed E-state index contributed by atoms with van der Waals surface area (Å²) in [4.78, 5) is 36.6. The van der Waals surface area contributed by atoms with Gasteiger partial charge in [0.25, 0.3) is 0 Å². The third kappa shape index (κ3) is 5.69. The highest BCUT2D eigenvalue weighted by atomic mass is 16.6. The number of hydrogen-bond acceptors (Lipinski definition) is 7. The van der Waals surface area contributed by atoms with Crippen molar-refractivity contribution >= 4 is 29.2 Å². The topological polar surface area (TPSA) is 87.2 Å². The summed E-state index contributed by atoms with van der Waals surface area (Å²) in [6.07, 6.45) is 2.03. The van der Waals surface area contributed by atoms with Crippen LogP contribution in [0, 0.1) is 11.8 Å². The molecule has 2 aromatic rings. The number of fused-ring (bicyclic) bond motifs is 1. The van der Waals surface area contributed by atoms with E-state index in [1.807, 2.05) is 48.8 Å². The Labute approximate surface area is 237 Å². The molecule has 1 saturated carbocycles. The molecule has 216 valence electrons. The number of methoxy groups -OCH3 is 1. The van der Waals surface area contributed by atoms with Gasteiger partial charge in [0.15, 0.2) is 0 Å². The second-order valence-electron chi connectivity index (χ2n) is 12.5. The van der Waals surface area contributed by atoms with Gasteiger partial charge in [0, 0.05) is 67.6 Å². The lowest BCUT2D eigenvalue weighted by molar-refractivity contribution is -0.117. The van der Waals surface area contributed by atoms with Crippen molar-refractivity contribution in [3.8, 4) is 5.88 Å². The van der Waals surface area contributed by atoms with Crippen LogP contribution in [0.4, 0.5) is 22.0 Å². The van der Waals surface area contributed by atoms with Gasteiger partial charge in [-0.3, -0.25) is 4.79 Å². The van der Waals surface area contributed by atoms with Crippen LogP contribution < -0.4 is 19.9 Å². The Bertz CT molecular complexity index is 1260. The van der Waals surface area contributed by atoms with E-state index >= 15 is 0 Å². The van der Waals surface area contributed by atoms with E-state index in [-0.39, 0.29) is 36.0 Å². The maximum absolute atomic E-state index is 13.0. The molecule has 5 rings (SSSR count). The first-order valence-electron chi connectivity index (χ1n) is 14.4. The lowest BCUT2D eigenvalue weighted by atomic mass is 9.79. The van der Waals surface area contributed by atoms with Crippen molar-refractivity contribution < 1.29 is 19.1 Å². The fraction of sp³-hybridized carbons (Fsp3) is 0.581. The second kappa shape index (κ2) is 10.8. The molecule has 2 aliphatic heterocycles. The molecule has 3 aliphatic rings. The minimum absolute atomic E-state index is 0.00132. The molecule has 40 heavy (non-hydrogen) atoms. The van der Waals surface area contributed by atoms with Gasteiger partial charge in [-0.2, -0.15) is 4.98 Å². The number of benzene rings is 1. The molecule has 0 spiro atoms. The summed E-state index contributed by atoms with van der Waals surface area (Å²) in [5.74, 6) is 2.07. The van der Waals surface area contributed by atoms with E-state index in [0.29, 0.717) is 31.4 Å². The molecule has 2 fully saturated rings. The number of pyridine rings is 1. The van der Waals surface area contributed by atoms with Gasteiger partial charge in [0.05, 0.1) is 13.2 Å². The van der Waals surface area contributed by atoms with E-state index in [4.69, 9.17) is 9.47 Å². The molecule has 1 unspecified atom stereocenters. The van der Waals surface area contributed by atoms with E-state index in [1.54, 1.807) is 14.0 Å². The zero-order chi connectivity index (χ0) is 28.8. The van der Waals surface area contributed by atoms with Crippen LogP contribution in [0.5, 0.6) is 5.88 Å². The third-order valence-corrected chi connectivity index (χ3v) is 8.27. The summed E-state index contributed by atoms with van der Waals surface area (Å²) < 4.78 is 11.0. The van der Waals surface area contributed by atoms with Crippen LogP contribution in [-0.2, 0) is 9.53 Å². The standard InChI is InChI=1S/C31H43N5O4/c1-19-18-34(15-16-35(19)30(38)40-31(4,5)6)23-13-14-25-24(17-23)28(33-26-9-8-10-27(32-26)39-7)20(2)29(22-11-12-22)36(25)21(3)37/h8-10,13-14,17,19-20,22,28-29H,11-12,15-16,18H2,1-7H3,(H,32,33)/t19?,20-,28-,29-/m1/s1. The third-order valence-electron chi connectivity index (χ3n) is 8.27. The van der Waals surface area contributed by atoms with Crippen molar-refractivity contribution in [1.82, 2.24) is 9.88 Å². The molecule has 1 aromatic heterocycles. The van der Waals surface area contributed by atoms with Crippen LogP contribution in [0.15, 0.2) is 36.4 Å². The fourth-order valence-electron chi connectivity index (χ4n) is 6.30. The monoisotopic (exact) mass is 549 g/mol. The normalized spacial score (nSPS) is 24.8. The van der Waals surface area contributed by atoms with Crippen LogP contribution in [0.2, 0.25) is 0 Å². The van der Waals surface area contributed by atoms with Crippen LogP contribution in [0.25, 0.3) is 0 Å². The van der Waals surface area contributed by atoms with Crippen LogP contribution >= 0.6 is 0 Å². The Hall–Kier alpha value is -3.49. The predicted octanol–water partition coefficient (Wildman–Crippen LogP) is 5.47. The number of piperazine rings is 1. The van der Waals surface area contributed by atoms with Crippen molar-refractivity contribution in [3.05, 3.63) is 42.0 Å². The molecule has 1 N–H and O–H groups in total. The Kier molecular flexibility index (Phi) is 7.59. The number of carbonyl (C=O) groups is 2. The highest BCUT2D eigenvalue weighted by molar-refractivity contribution is 5.94. The smallest absolute Gasteiger partial charge is 0.410 e. The maximum Gasteiger partial charge on any atom is 0.410 e. The van der Waals surface area contributed by atoms with Crippen molar-refractivity contribution in [1.29, 1.82) is 0 Å². The molecule has 4 atom stereocenters. The van der Waals surface area contributed by atoms with Gasteiger partial charge in [-0.05, 0) is 70.7 Å². The van der Waals surface area contributed by atoms with Crippen LogP contribution in [0.3, 0.4) is 0 Å². The molecule has 1 aliphatic carbocycles. The molecule has 1 saturated heterocycles. The lowest BCUT2D eigenvalue weighted by Gasteiger charge is -2.46. The summed E-state index contributed by atoms with van der Waals surface area (Å²) in [7, 11) is 1.62. The molecular weight excluding hydrogens is 506 g/mol. The van der Waals surface area contributed by atoms with Crippen molar-refractivity contribution in [2.24, 2.45) is 11.8 Å². The molecule has 0 bridgehead atoms. The van der Waals surface area contributed by atoms with Gasteiger partial charge in [0.1, 0.15) is 11.4 Å². The number of rotatable bonds is 5. The number of ether oxygens (including phenoxy) is 2. The molecule has 1 aromatic carbocycles. The van der Waals surface area contributed by atoms with Crippen molar-refractivity contribution in [3.63, 3.8) is 0 Å². The molecule has 0 radical (unpaired) electrons. The number of nitrogens with zero attached hydrogens (tertiary/aromatic N) is 4. The Balaban J connectivity index is 1.46. The van der Waals surface area contributed by atoms with Crippen LogP contribution in [0.1, 0.15) is 66.0 Å². The first-order valence-corrected chi connectivity index (χ1v) is 14.4. The van der Waals surface area contributed by atoms with E-state index in [2.05, 4.69) is 47.2 Å². The van der Waals surface area contributed by atoms with Gasteiger partial charge < -0.3 is 29.5 Å². The van der Waals surface area contributed by atoms with Crippen molar-refractivity contribution in [2.45, 2.75) is 78.1 Å². The first kappa shape index (κ1) is 28.1. The number of hydrogen-bond donors (Lipinski definition) is 1. The molecule has 9 nitrogen and oxygen atoms in total. The number of aromatic nitrogens is 1. The van der Waals surface area contributed by atoms with Gasteiger partial charge in [0.2, 0.25) is 11.8 Å². The number of amides is 2. The van der Waals surface area contributed by atoms with E-state index in [0.717, 1.165) is 35.6 Å². The first-order chi connectivity index (χ1) is 19.0. The van der Waals surface area contributed by atoms with Crippen molar-refractivity contribution in [2.75, 3.05) is 41.9 Å². The van der Waals surface area contributed by atoms with E-state index < -0.39 is 5.60 Å². The van der Waals surface area contributed by atoms with Gasteiger partial charge in [-0.25, -0.2) is 4.79 Å². The zero-order valence-corrected chi connectivity index (χ0v) is 24.8. The highest BCUT2D eigenvalue weighted by Crippen LogP contribution is 2.50. The number of nitrogens with one attached hydrogen (secondary N) is 1. The van der Waals surface area contributed by atoms with E-state index in [9.17, 15) is 9.59 Å². The van der Waals surface area contributed by atoms with Crippen LogP contribution in [-0.4, -0.2) is 66.3 Å². The summed E-state index contributed by atoms with van der Waals surface area (Å²) in [6.45, 7) is 13.6. The summed E-state index contributed by atoms with van der Waals surface area (Å²) in [5, 5.41) is 3.70. The average molecular weight is 550 g/mol. The SMILES string of the molecule is COc1cccc(N[C@H]2c3cc(N4CCN(C(=O)OC(C)(C)C)C(C)C4)ccc3N(C(C)=O)[C@@H](C3CC3)[C@@H]2C)n1. The van der Waals surface area contributed by atoms with Gasteiger partial charge in [-0.15, -0.1) is 0 Å². The minimum Gasteiger partial charge on any atom is -0.481 e. The zero-order valence-electron chi connectivity index (χ0n) is 24.8. The van der Waals surface area contributed by atoms with E-state index in [1.165, 1.54) is 0 Å². The van der Waals surface area contributed by atoms with Gasteiger partial charge >= 0.3 is 6.09 Å².